The van der Waals surface area contributed by atoms with Crippen LogP contribution in [0.1, 0.15) is 25.3 Å². The maximum absolute atomic E-state index is 13.0. The molecule has 1 fully saturated rings. The lowest BCUT2D eigenvalue weighted by atomic mass is 9.98. The first kappa shape index (κ1) is 25.5. The van der Waals surface area contributed by atoms with Crippen molar-refractivity contribution in [3.05, 3.63) is 54.1 Å². The molecule has 0 radical (unpaired) electrons. The van der Waals surface area contributed by atoms with Crippen LogP contribution in [0.4, 0.5) is 0 Å². The number of rotatable bonds is 9. The van der Waals surface area contributed by atoms with Crippen molar-refractivity contribution in [3.63, 3.8) is 0 Å². The number of benzene rings is 2. The fourth-order valence-electron chi connectivity index (χ4n) is 3.75. The summed E-state index contributed by atoms with van der Waals surface area (Å²) in [5.74, 6) is 0.114. The highest BCUT2D eigenvalue weighted by Crippen LogP contribution is 2.25. The normalized spacial score (nSPS) is 17.4. The molecule has 0 aliphatic carbocycles. The van der Waals surface area contributed by atoms with E-state index in [4.69, 9.17) is 9.47 Å². The molecule has 2 atom stereocenters. The van der Waals surface area contributed by atoms with Crippen LogP contribution in [0.2, 0.25) is 0 Å². The van der Waals surface area contributed by atoms with Crippen molar-refractivity contribution in [2.24, 2.45) is 5.92 Å². The molecule has 1 heterocycles. The summed E-state index contributed by atoms with van der Waals surface area (Å²) in [6.45, 7) is 2.34. The summed E-state index contributed by atoms with van der Waals surface area (Å²) in [6.07, 6.45) is 1.12. The molecule has 1 aliphatic rings. The van der Waals surface area contributed by atoms with Gasteiger partial charge in [-0.3, -0.25) is 9.59 Å². The highest BCUT2D eigenvalue weighted by Gasteiger charge is 2.34. The molecular weight excluding hydrogens is 458 g/mol. The summed E-state index contributed by atoms with van der Waals surface area (Å²) in [4.78, 5) is 25.4. The summed E-state index contributed by atoms with van der Waals surface area (Å²) in [5.41, 5.74) is 0.902. The minimum absolute atomic E-state index is 0.0698. The maximum Gasteiger partial charge on any atom is 0.243 e. The third-order valence-electron chi connectivity index (χ3n) is 5.83. The Hall–Kier alpha value is -3.11. The van der Waals surface area contributed by atoms with Crippen LogP contribution in [0.5, 0.6) is 11.5 Å². The molecule has 3 rings (SSSR count). The Labute approximate surface area is 200 Å². The van der Waals surface area contributed by atoms with Gasteiger partial charge in [0.05, 0.1) is 25.0 Å². The van der Waals surface area contributed by atoms with Crippen molar-refractivity contribution in [3.8, 4) is 11.5 Å². The Balaban J connectivity index is 1.54. The number of sulfonamides is 1. The fraction of sp³-hybridized carbons (Fsp3) is 0.417. The first-order valence-electron chi connectivity index (χ1n) is 11.1. The SMILES string of the molecule is COc1ccc(CNC(=O)[C@@H](C)NC(=O)C2CCCN(S(=O)(=O)c3ccc(OC)cc3)C2)cc1. The highest BCUT2D eigenvalue weighted by molar-refractivity contribution is 7.89. The van der Waals surface area contributed by atoms with E-state index in [2.05, 4.69) is 10.6 Å². The molecule has 2 N–H and O–H groups in total. The lowest BCUT2D eigenvalue weighted by molar-refractivity contribution is -0.131. The Morgan fingerprint density at radius 1 is 1.03 bits per heavy atom. The summed E-state index contributed by atoms with van der Waals surface area (Å²) in [5, 5.41) is 5.52. The van der Waals surface area contributed by atoms with Crippen molar-refractivity contribution in [1.82, 2.24) is 14.9 Å². The summed E-state index contributed by atoms with van der Waals surface area (Å²) in [7, 11) is -0.637. The average Bonchev–Trinajstić information content (AvgIpc) is 2.87. The molecule has 0 bridgehead atoms. The van der Waals surface area contributed by atoms with Gasteiger partial charge >= 0.3 is 0 Å². The van der Waals surface area contributed by atoms with Gasteiger partial charge in [0.2, 0.25) is 21.8 Å². The van der Waals surface area contributed by atoms with E-state index in [9.17, 15) is 18.0 Å². The van der Waals surface area contributed by atoms with Crippen LogP contribution in [0.15, 0.2) is 53.4 Å². The zero-order valence-corrected chi connectivity index (χ0v) is 20.4. The van der Waals surface area contributed by atoms with Gasteiger partial charge in [-0.25, -0.2) is 8.42 Å². The van der Waals surface area contributed by atoms with Crippen LogP contribution in [-0.2, 0) is 26.2 Å². The summed E-state index contributed by atoms with van der Waals surface area (Å²) < 4.78 is 37.6. The number of amides is 2. The van der Waals surface area contributed by atoms with Gasteiger partial charge in [0.15, 0.2) is 0 Å². The standard InChI is InChI=1S/C24H31N3O6S/c1-17(23(28)25-15-18-6-8-20(32-2)9-7-18)26-24(29)19-5-4-14-27(16-19)34(30,31)22-12-10-21(33-3)11-13-22/h6-13,17,19H,4-5,14-16H2,1-3H3,(H,25,28)(H,26,29)/t17-,19?/m1/s1. The van der Waals surface area contributed by atoms with Crippen molar-refractivity contribution < 1.29 is 27.5 Å². The van der Waals surface area contributed by atoms with Gasteiger partial charge in [0.25, 0.3) is 0 Å². The van der Waals surface area contributed by atoms with Crippen LogP contribution < -0.4 is 20.1 Å². The minimum Gasteiger partial charge on any atom is -0.497 e. The predicted octanol–water partition coefficient (Wildman–Crippen LogP) is 1.93. The summed E-state index contributed by atoms with van der Waals surface area (Å²) in [6, 6.07) is 12.7. The minimum atomic E-state index is -3.73. The number of carbonyl (C=O) groups excluding carboxylic acids is 2. The smallest absolute Gasteiger partial charge is 0.243 e. The fourth-order valence-corrected chi connectivity index (χ4v) is 5.28. The largest absolute Gasteiger partial charge is 0.497 e. The number of methoxy groups -OCH3 is 2. The van der Waals surface area contributed by atoms with Crippen LogP contribution in [0, 0.1) is 5.92 Å². The van der Waals surface area contributed by atoms with E-state index in [0.717, 1.165) is 11.3 Å². The molecule has 0 saturated carbocycles. The van der Waals surface area contributed by atoms with E-state index in [0.29, 0.717) is 31.7 Å². The predicted molar refractivity (Wildman–Crippen MR) is 127 cm³/mol. The molecule has 9 nitrogen and oxygen atoms in total. The Bertz CT molecular complexity index is 1090. The topological polar surface area (TPSA) is 114 Å². The van der Waals surface area contributed by atoms with E-state index in [1.54, 1.807) is 26.2 Å². The van der Waals surface area contributed by atoms with E-state index < -0.39 is 22.0 Å². The molecule has 0 spiro atoms. The third kappa shape index (κ3) is 6.27. The van der Waals surface area contributed by atoms with Crippen LogP contribution in [-0.4, -0.2) is 57.9 Å². The Morgan fingerprint density at radius 2 is 1.62 bits per heavy atom. The summed E-state index contributed by atoms with van der Waals surface area (Å²) >= 11 is 0. The molecule has 1 saturated heterocycles. The van der Waals surface area contributed by atoms with Crippen molar-refractivity contribution in [1.29, 1.82) is 0 Å². The van der Waals surface area contributed by atoms with Crippen LogP contribution in [0.25, 0.3) is 0 Å². The quantitative estimate of drug-likeness (QED) is 0.556. The van der Waals surface area contributed by atoms with Gasteiger partial charge in [-0.05, 0) is 61.7 Å². The number of hydrogen-bond acceptors (Lipinski definition) is 6. The lowest BCUT2D eigenvalue weighted by Crippen LogP contribution is -2.50. The van der Waals surface area contributed by atoms with E-state index in [1.165, 1.54) is 23.5 Å². The van der Waals surface area contributed by atoms with Gasteiger partial charge in [-0.2, -0.15) is 4.31 Å². The number of nitrogens with one attached hydrogen (secondary N) is 2. The van der Waals surface area contributed by atoms with Gasteiger partial charge in [-0.1, -0.05) is 12.1 Å². The molecule has 0 aromatic heterocycles. The molecule has 2 aromatic rings. The second-order valence-corrected chi connectivity index (χ2v) is 10.1. The van der Waals surface area contributed by atoms with Crippen molar-refractivity contribution in [2.75, 3.05) is 27.3 Å². The molecule has 184 valence electrons. The second kappa shape index (κ2) is 11.3. The molecular formula is C24H31N3O6S. The van der Waals surface area contributed by atoms with Gasteiger partial charge < -0.3 is 20.1 Å². The van der Waals surface area contributed by atoms with Gasteiger partial charge in [0.1, 0.15) is 17.5 Å². The lowest BCUT2D eigenvalue weighted by Gasteiger charge is -2.31. The van der Waals surface area contributed by atoms with Crippen LogP contribution >= 0.6 is 0 Å². The number of hydrogen-bond donors (Lipinski definition) is 2. The molecule has 2 amide bonds. The number of nitrogens with zero attached hydrogens (tertiary/aromatic N) is 1. The van der Waals surface area contributed by atoms with Gasteiger partial charge in [-0.15, -0.1) is 0 Å². The van der Waals surface area contributed by atoms with E-state index in [-0.39, 0.29) is 23.3 Å². The van der Waals surface area contributed by atoms with E-state index >= 15 is 0 Å². The van der Waals surface area contributed by atoms with Crippen LogP contribution in [0.3, 0.4) is 0 Å². The highest BCUT2D eigenvalue weighted by atomic mass is 32.2. The second-order valence-electron chi connectivity index (χ2n) is 8.17. The monoisotopic (exact) mass is 489 g/mol. The zero-order chi connectivity index (χ0) is 24.7. The number of carbonyl (C=O) groups is 2. The van der Waals surface area contributed by atoms with Crippen molar-refractivity contribution in [2.45, 2.75) is 37.2 Å². The third-order valence-corrected chi connectivity index (χ3v) is 7.71. The molecule has 34 heavy (non-hydrogen) atoms. The Kier molecular flexibility index (Phi) is 8.51. The molecule has 10 heteroatoms. The maximum atomic E-state index is 13.0. The molecule has 1 aliphatic heterocycles. The molecule has 1 unspecified atom stereocenters. The number of piperidine rings is 1. The average molecular weight is 490 g/mol. The van der Waals surface area contributed by atoms with E-state index in [1.807, 2.05) is 24.3 Å². The molecule has 2 aromatic carbocycles. The first-order valence-corrected chi connectivity index (χ1v) is 12.5. The number of ether oxygens (including phenoxy) is 2. The van der Waals surface area contributed by atoms with Gasteiger partial charge in [0, 0.05) is 19.6 Å². The van der Waals surface area contributed by atoms with Crippen molar-refractivity contribution >= 4 is 21.8 Å². The first-order chi connectivity index (χ1) is 16.2. The zero-order valence-electron chi connectivity index (χ0n) is 19.6. The Morgan fingerprint density at radius 3 is 2.21 bits per heavy atom.